The van der Waals surface area contributed by atoms with Gasteiger partial charge >= 0.3 is 0 Å². The summed E-state index contributed by atoms with van der Waals surface area (Å²) >= 11 is 0. The zero-order valence-corrected chi connectivity index (χ0v) is 17.0. The Morgan fingerprint density at radius 1 is 1.45 bits per heavy atom. The fourth-order valence-corrected chi connectivity index (χ4v) is 3.95. The van der Waals surface area contributed by atoms with Crippen LogP contribution in [0.5, 0.6) is 11.6 Å². The highest BCUT2D eigenvalue weighted by molar-refractivity contribution is 5.76. The number of carbonyl (C=O) groups is 1. The quantitative estimate of drug-likeness (QED) is 0.532. The molecule has 1 aromatic heterocycles. The van der Waals surface area contributed by atoms with Crippen LogP contribution < -0.4 is 21.5 Å². The first-order chi connectivity index (χ1) is 14.9. The maximum Gasteiger partial charge on any atom is 0.213 e. The molecule has 2 atom stereocenters. The lowest BCUT2D eigenvalue weighted by molar-refractivity contribution is 0.112. The number of phenols is 1. The van der Waals surface area contributed by atoms with Crippen molar-refractivity contribution >= 4 is 12.0 Å². The Morgan fingerprint density at radius 2 is 2.26 bits per heavy atom. The average Bonchev–Trinajstić information content (AvgIpc) is 3.15. The van der Waals surface area contributed by atoms with Crippen molar-refractivity contribution in [3.05, 3.63) is 70.6 Å². The van der Waals surface area contributed by atoms with Crippen LogP contribution in [0.2, 0.25) is 0 Å². The highest BCUT2D eigenvalue weighted by Gasteiger charge is 2.37. The van der Waals surface area contributed by atoms with Crippen molar-refractivity contribution in [3.63, 3.8) is 0 Å². The Balaban J connectivity index is 1.55. The number of aldehydes is 1. The fraction of sp³-hybridized carbons (Fsp3) is 0.273. The molecule has 0 amide bonds. The maximum absolute atomic E-state index is 13.7. The number of aromatic hydroxyl groups is 1. The summed E-state index contributed by atoms with van der Waals surface area (Å²) in [6.07, 6.45) is 4.49. The molecule has 2 unspecified atom stereocenters. The van der Waals surface area contributed by atoms with Crippen molar-refractivity contribution in [3.8, 4) is 11.6 Å². The van der Waals surface area contributed by atoms with Crippen LogP contribution in [-0.4, -0.2) is 46.5 Å². The van der Waals surface area contributed by atoms with Crippen LogP contribution in [0.15, 0.2) is 48.1 Å². The van der Waals surface area contributed by atoms with E-state index < -0.39 is 11.6 Å². The second-order valence-corrected chi connectivity index (χ2v) is 7.69. The van der Waals surface area contributed by atoms with Crippen molar-refractivity contribution in [2.24, 2.45) is 11.5 Å². The van der Waals surface area contributed by atoms with E-state index >= 15 is 0 Å². The minimum atomic E-state index is -0.742. The van der Waals surface area contributed by atoms with Gasteiger partial charge in [-0.15, -0.1) is 0 Å². The van der Waals surface area contributed by atoms with Gasteiger partial charge in [-0.25, -0.2) is 9.37 Å². The number of halogens is 1. The Hall–Kier alpha value is -3.75. The predicted molar refractivity (Wildman–Crippen MR) is 113 cm³/mol. The van der Waals surface area contributed by atoms with Gasteiger partial charge in [0.1, 0.15) is 11.9 Å². The number of nitrogens with zero attached hydrogens (tertiary/aromatic N) is 2. The molecule has 162 valence electrons. The van der Waals surface area contributed by atoms with Crippen molar-refractivity contribution in [2.75, 3.05) is 13.1 Å². The molecule has 0 aliphatic carbocycles. The summed E-state index contributed by atoms with van der Waals surface area (Å²) in [5.74, 6) is -0.341. The number of hydrogen-bond donors (Lipinski definition) is 4. The number of phenolic OH excluding ortho intramolecular Hbond substituents is 1. The number of rotatable bonds is 5. The van der Waals surface area contributed by atoms with Crippen LogP contribution in [0.4, 0.5) is 4.39 Å². The van der Waals surface area contributed by atoms with E-state index in [2.05, 4.69) is 15.2 Å². The molecule has 2 aliphatic rings. The summed E-state index contributed by atoms with van der Waals surface area (Å²) in [5, 5.41) is 13.2. The minimum Gasteiger partial charge on any atom is -0.504 e. The third kappa shape index (κ3) is 3.98. The van der Waals surface area contributed by atoms with Crippen molar-refractivity contribution in [2.45, 2.75) is 25.5 Å². The highest BCUT2D eigenvalue weighted by atomic mass is 19.1. The first-order valence-electron chi connectivity index (χ1n) is 9.91. The molecule has 0 radical (unpaired) electrons. The number of nitrogens with one attached hydrogen (secondary N) is 1. The number of para-hydroxylation sites is 1. The van der Waals surface area contributed by atoms with E-state index in [4.69, 9.17) is 16.2 Å². The molecule has 2 aromatic rings. The number of nitrogens with two attached hydrogens (primary N) is 2. The summed E-state index contributed by atoms with van der Waals surface area (Å²) < 4.78 is 19.8. The van der Waals surface area contributed by atoms with E-state index in [-0.39, 0.29) is 23.4 Å². The van der Waals surface area contributed by atoms with Gasteiger partial charge in [0, 0.05) is 42.1 Å². The van der Waals surface area contributed by atoms with Crippen LogP contribution in [0.1, 0.15) is 27.9 Å². The Bertz CT molecular complexity index is 1080. The van der Waals surface area contributed by atoms with E-state index in [0.717, 1.165) is 24.3 Å². The van der Waals surface area contributed by atoms with Gasteiger partial charge in [0.15, 0.2) is 17.9 Å². The van der Waals surface area contributed by atoms with Crippen molar-refractivity contribution in [1.82, 2.24) is 15.2 Å². The van der Waals surface area contributed by atoms with Gasteiger partial charge in [-0.2, -0.15) is 0 Å². The highest BCUT2D eigenvalue weighted by Crippen LogP contribution is 2.32. The van der Waals surface area contributed by atoms with E-state index in [0.29, 0.717) is 36.1 Å². The fourth-order valence-electron chi connectivity index (χ4n) is 3.95. The van der Waals surface area contributed by atoms with E-state index in [1.807, 2.05) is 6.92 Å². The Kier molecular flexibility index (Phi) is 5.41. The first kappa shape index (κ1) is 20.5. The smallest absolute Gasteiger partial charge is 0.213 e. The molecule has 1 fully saturated rings. The summed E-state index contributed by atoms with van der Waals surface area (Å²) in [6.45, 7) is 3.03. The molecule has 9 heteroatoms. The number of aryl methyl sites for hydroxylation is 1. The van der Waals surface area contributed by atoms with Crippen LogP contribution in [0.3, 0.4) is 0 Å². The molecule has 0 spiro atoms. The molecule has 1 aromatic carbocycles. The summed E-state index contributed by atoms with van der Waals surface area (Å²) in [4.78, 5) is 17.3. The molecular weight excluding hydrogens is 401 g/mol. The van der Waals surface area contributed by atoms with Crippen molar-refractivity contribution < 1.29 is 19.0 Å². The van der Waals surface area contributed by atoms with E-state index in [9.17, 15) is 14.3 Å². The average molecular weight is 425 g/mol. The van der Waals surface area contributed by atoms with Crippen LogP contribution in [0, 0.1) is 12.7 Å². The van der Waals surface area contributed by atoms with Gasteiger partial charge in [0.05, 0.1) is 18.3 Å². The van der Waals surface area contributed by atoms with E-state index in [1.54, 1.807) is 18.2 Å². The lowest BCUT2D eigenvalue weighted by atomic mass is 10.1. The largest absolute Gasteiger partial charge is 0.504 e. The molecule has 3 heterocycles. The normalized spacial score (nSPS) is 21.0. The number of pyridine rings is 1. The zero-order chi connectivity index (χ0) is 22.1. The number of benzene rings is 1. The van der Waals surface area contributed by atoms with Gasteiger partial charge in [-0.3, -0.25) is 4.79 Å². The van der Waals surface area contributed by atoms with Crippen LogP contribution in [0.25, 0.3) is 5.70 Å². The van der Waals surface area contributed by atoms with Gasteiger partial charge in [-0.1, -0.05) is 6.07 Å². The van der Waals surface area contributed by atoms with Crippen LogP contribution >= 0.6 is 0 Å². The molecule has 6 N–H and O–H groups in total. The maximum atomic E-state index is 13.7. The number of allylic oxidation sites excluding steroid dienone is 1. The van der Waals surface area contributed by atoms with E-state index in [1.165, 1.54) is 12.3 Å². The summed E-state index contributed by atoms with van der Waals surface area (Å²) in [7, 11) is 0. The third-order valence-corrected chi connectivity index (χ3v) is 5.62. The SMILES string of the molecule is Cc1cc(OC2CC3CNC(N)=C(/C=C(\N)c4cccc(F)c4O)N3C2)ncc1C=O. The third-order valence-electron chi connectivity index (χ3n) is 5.62. The predicted octanol–water partition coefficient (Wildman–Crippen LogP) is 1.60. The molecule has 8 nitrogen and oxygen atoms in total. The number of ether oxygens (including phenoxy) is 1. The molecular formula is C22H24FN5O3. The minimum absolute atomic E-state index is 0.118. The van der Waals surface area contributed by atoms with Gasteiger partial charge in [0.25, 0.3) is 0 Å². The summed E-state index contributed by atoms with van der Waals surface area (Å²) in [6, 6.07) is 6.05. The second kappa shape index (κ2) is 8.17. The summed E-state index contributed by atoms with van der Waals surface area (Å²) in [5.41, 5.74) is 14.7. The molecule has 2 aliphatic heterocycles. The van der Waals surface area contributed by atoms with Gasteiger partial charge in [-0.05, 0) is 30.7 Å². The topological polar surface area (TPSA) is 127 Å². The Labute approximate surface area is 179 Å². The lowest BCUT2D eigenvalue weighted by Gasteiger charge is -2.34. The molecule has 4 rings (SSSR count). The van der Waals surface area contributed by atoms with Crippen LogP contribution in [-0.2, 0) is 0 Å². The number of aromatic nitrogens is 1. The number of carbonyl (C=O) groups excluding carboxylic acids is 1. The number of fused-ring (bicyclic) bond motifs is 1. The van der Waals surface area contributed by atoms with Gasteiger partial charge < -0.3 is 31.5 Å². The molecule has 0 saturated carbocycles. The first-order valence-corrected chi connectivity index (χ1v) is 9.91. The zero-order valence-electron chi connectivity index (χ0n) is 17.0. The standard InChI is InChI=1S/C22H24FN5O3/c1-12-5-20(26-8-13(12)11-29)31-15-6-14-9-27-22(25)19(28(14)10-15)7-18(24)16-3-2-4-17(23)21(16)30/h2-5,7-8,11,14-15,27,30H,6,9-10,24-25H2,1H3/b18-7-. The molecule has 1 saturated heterocycles. The molecule has 31 heavy (non-hydrogen) atoms. The second-order valence-electron chi connectivity index (χ2n) is 7.69. The van der Waals surface area contributed by atoms with Gasteiger partial charge in [0.2, 0.25) is 5.88 Å². The monoisotopic (exact) mass is 425 g/mol. The Morgan fingerprint density at radius 3 is 3.00 bits per heavy atom. The van der Waals surface area contributed by atoms with Crippen molar-refractivity contribution in [1.29, 1.82) is 0 Å². The lowest BCUT2D eigenvalue weighted by Crippen LogP contribution is -2.45. The number of hydrogen-bond acceptors (Lipinski definition) is 8. The molecule has 0 bridgehead atoms.